The van der Waals surface area contributed by atoms with Crippen LogP contribution in [0.25, 0.3) is 11.0 Å². The first-order valence-electron chi connectivity index (χ1n) is 11.8. The molecule has 0 bridgehead atoms. The number of aryl methyl sites for hydroxylation is 1. The molecule has 0 aliphatic heterocycles. The number of para-hydroxylation sites is 2. The van der Waals surface area contributed by atoms with Crippen LogP contribution in [0.1, 0.15) is 62.8 Å². The van der Waals surface area contributed by atoms with Crippen molar-refractivity contribution in [3.05, 3.63) is 63.9 Å². The number of imidazole rings is 1. The van der Waals surface area contributed by atoms with E-state index in [1.807, 2.05) is 24.3 Å². The molecule has 1 amide bonds. The highest BCUT2D eigenvalue weighted by Gasteiger charge is 2.20. The van der Waals surface area contributed by atoms with Crippen LogP contribution < -0.4 is 5.32 Å². The molecule has 1 saturated carbocycles. The highest BCUT2D eigenvalue weighted by molar-refractivity contribution is 6.35. The van der Waals surface area contributed by atoms with Gasteiger partial charge in [0.05, 0.1) is 17.6 Å². The average Bonchev–Trinajstić information content (AvgIpc) is 3.15. The van der Waals surface area contributed by atoms with Gasteiger partial charge in [-0.2, -0.15) is 0 Å². The normalized spacial score (nSPS) is 14.7. The highest BCUT2D eigenvalue weighted by atomic mass is 35.5. The molecule has 1 heterocycles. The van der Waals surface area contributed by atoms with Gasteiger partial charge in [0.1, 0.15) is 5.82 Å². The largest absolute Gasteiger partial charge is 0.356 e. The summed E-state index contributed by atoms with van der Waals surface area (Å²) in [5, 5.41) is 4.46. The lowest BCUT2D eigenvalue weighted by atomic mass is 9.89. The van der Waals surface area contributed by atoms with Gasteiger partial charge in [0.15, 0.2) is 0 Å². The standard InChI is InChI=1S/C26H31Cl2N3O/c27-21-15-14-20(22(28)17-21)18-31-24-12-7-6-11-23(24)30-25(31)13-5-2-8-16-29-26(32)19-9-3-1-4-10-19/h6-7,11-12,14-15,17,19H,1-5,8-10,13,16,18H2,(H,29,32). The number of rotatable bonds is 9. The maximum atomic E-state index is 12.3. The topological polar surface area (TPSA) is 46.9 Å². The minimum atomic E-state index is 0.239. The summed E-state index contributed by atoms with van der Waals surface area (Å²) in [6.07, 6.45) is 9.78. The lowest BCUT2D eigenvalue weighted by Gasteiger charge is -2.20. The molecule has 4 nitrogen and oxygen atoms in total. The van der Waals surface area contributed by atoms with E-state index in [1.165, 1.54) is 19.3 Å². The number of aromatic nitrogens is 2. The van der Waals surface area contributed by atoms with Gasteiger partial charge >= 0.3 is 0 Å². The van der Waals surface area contributed by atoms with Crippen LogP contribution in [0, 0.1) is 5.92 Å². The summed E-state index contributed by atoms with van der Waals surface area (Å²) in [6, 6.07) is 13.9. The number of nitrogens with one attached hydrogen (secondary N) is 1. The Morgan fingerprint density at radius 1 is 1.03 bits per heavy atom. The summed E-state index contributed by atoms with van der Waals surface area (Å²) in [6.45, 7) is 1.44. The molecule has 3 aromatic rings. The number of halogens is 2. The molecule has 170 valence electrons. The second-order valence-corrected chi connectivity index (χ2v) is 9.62. The van der Waals surface area contributed by atoms with Gasteiger partial charge in [-0.25, -0.2) is 4.98 Å². The van der Waals surface area contributed by atoms with E-state index in [0.29, 0.717) is 16.6 Å². The fraction of sp³-hybridized carbons (Fsp3) is 0.462. The Morgan fingerprint density at radius 2 is 1.84 bits per heavy atom. The first-order chi connectivity index (χ1) is 15.6. The molecule has 0 spiro atoms. The van der Waals surface area contributed by atoms with Crippen molar-refractivity contribution in [3.8, 4) is 0 Å². The molecular formula is C26H31Cl2N3O. The molecule has 0 radical (unpaired) electrons. The second kappa shape index (κ2) is 11.2. The number of fused-ring (bicyclic) bond motifs is 1. The average molecular weight is 472 g/mol. The SMILES string of the molecule is O=C(NCCCCCc1nc2ccccc2n1Cc1ccc(Cl)cc1Cl)C1CCCCC1. The predicted molar refractivity (Wildman–Crippen MR) is 132 cm³/mol. The van der Waals surface area contributed by atoms with E-state index in [0.717, 1.165) is 67.5 Å². The highest BCUT2D eigenvalue weighted by Crippen LogP contribution is 2.26. The monoisotopic (exact) mass is 471 g/mol. The molecule has 0 unspecified atom stereocenters. The molecular weight excluding hydrogens is 441 g/mol. The van der Waals surface area contributed by atoms with Crippen LogP contribution in [0.2, 0.25) is 10.0 Å². The van der Waals surface area contributed by atoms with Crippen molar-refractivity contribution in [2.75, 3.05) is 6.54 Å². The van der Waals surface area contributed by atoms with E-state index in [9.17, 15) is 4.79 Å². The summed E-state index contributed by atoms with van der Waals surface area (Å²) in [7, 11) is 0. The van der Waals surface area contributed by atoms with Crippen LogP contribution in [0.5, 0.6) is 0 Å². The van der Waals surface area contributed by atoms with Crippen molar-refractivity contribution in [1.29, 1.82) is 0 Å². The number of carbonyl (C=O) groups is 1. The Morgan fingerprint density at radius 3 is 2.66 bits per heavy atom. The van der Waals surface area contributed by atoms with E-state index in [4.69, 9.17) is 28.2 Å². The van der Waals surface area contributed by atoms with E-state index in [-0.39, 0.29) is 11.8 Å². The van der Waals surface area contributed by atoms with E-state index in [2.05, 4.69) is 22.0 Å². The van der Waals surface area contributed by atoms with Crippen LogP contribution in [0.4, 0.5) is 0 Å². The molecule has 2 aromatic carbocycles. The van der Waals surface area contributed by atoms with Crippen molar-refractivity contribution >= 4 is 40.1 Å². The number of carbonyl (C=O) groups excluding carboxylic acids is 1. The van der Waals surface area contributed by atoms with Crippen molar-refractivity contribution in [3.63, 3.8) is 0 Å². The fourth-order valence-electron chi connectivity index (χ4n) is 4.62. The van der Waals surface area contributed by atoms with Crippen LogP contribution in [0.15, 0.2) is 42.5 Å². The van der Waals surface area contributed by atoms with Crippen molar-refractivity contribution in [1.82, 2.24) is 14.9 Å². The third-order valence-electron chi connectivity index (χ3n) is 6.43. The first-order valence-corrected chi connectivity index (χ1v) is 12.5. The van der Waals surface area contributed by atoms with Gasteiger partial charge < -0.3 is 9.88 Å². The Hall–Kier alpha value is -2.04. The minimum absolute atomic E-state index is 0.239. The first kappa shape index (κ1) is 23.1. The van der Waals surface area contributed by atoms with Crippen molar-refractivity contribution in [2.45, 2.75) is 64.3 Å². The molecule has 1 N–H and O–H groups in total. The lowest BCUT2D eigenvalue weighted by Crippen LogP contribution is -2.32. The van der Waals surface area contributed by atoms with Gasteiger partial charge in [-0.3, -0.25) is 4.79 Å². The molecule has 1 aromatic heterocycles. The third-order valence-corrected chi connectivity index (χ3v) is 7.02. The summed E-state index contributed by atoms with van der Waals surface area (Å²) >= 11 is 12.5. The molecule has 0 atom stereocenters. The van der Waals surface area contributed by atoms with Crippen LogP contribution in [-0.4, -0.2) is 22.0 Å². The third kappa shape index (κ3) is 5.85. The Kier molecular flexibility index (Phi) is 8.10. The quantitative estimate of drug-likeness (QED) is 0.348. The number of amides is 1. The number of benzene rings is 2. The molecule has 1 fully saturated rings. The molecule has 1 aliphatic rings. The number of hydrogen-bond donors (Lipinski definition) is 1. The molecule has 32 heavy (non-hydrogen) atoms. The maximum absolute atomic E-state index is 12.3. The minimum Gasteiger partial charge on any atom is -0.356 e. The number of hydrogen-bond acceptors (Lipinski definition) is 2. The fourth-order valence-corrected chi connectivity index (χ4v) is 5.09. The summed E-state index contributed by atoms with van der Waals surface area (Å²) in [5.74, 6) is 1.57. The smallest absolute Gasteiger partial charge is 0.223 e. The van der Waals surface area contributed by atoms with E-state index >= 15 is 0 Å². The van der Waals surface area contributed by atoms with Gasteiger partial charge in [-0.1, -0.05) is 67.1 Å². The zero-order valence-corrected chi connectivity index (χ0v) is 20.0. The second-order valence-electron chi connectivity index (χ2n) is 8.78. The Balaban J connectivity index is 1.32. The number of unbranched alkanes of at least 4 members (excludes halogenated alkanes) is 2. The lowest BCUT2D eigenvalue weighted by molar-refractivity contribution is -0.125. The molecule has 0 saturated heterocycles. The van der Waals surface area contributed by atoms with Crippen molar-refractivity contribution in [2.24, 2.45) is 5.92 Å². The van der Waals surface area contributed by atoms with Gasteiger partial charge in [0.25, 0.3) is 0 Å². The van der Waals surface area contributed by atoms with Crippen LogP contribution >= 0.6 is 23.2 Å². The van der Waals surface area contributed by atoms with Crippen molar-refractivity contribution < 1.29 is 4.79 Å². The molecule has 4 rings (SSSR count). The summed E-state index contributed by atoms with van der Waals surface area (Å²) in [4.78, 5) is 17.2. The van der Waals surface area contributed by atoms with Crippen LogP contribution in [-0.2, 0) is 17.8 Å². The zero-order valence-electron chi connectivity index (χ0n) is 18.5. The van der Waals surface area contributed by atoms with Gasteiger partial charge in [0, 0.05) is 28.9 Å². The Labute approximate surface area is 200 Å². The predicted octanol–water partition coefficient (Wildman–Crippen LogP) is 6.80. The number of nitrogens with zero attached hydrogens (tertiary/aromatic N) is 2. The van der Waals surface area contributed by atoms with Gasteiger partial charge in [-0.15, -0.1) is 0 Å². The molecule has 6 heteroatoms. The van der Waals surface area contributed by atoms with E-state index in [1.54, 1.807) is 6.07 Å². The summed E-state index contributed by atoms with van der Waals surface area (Å²) in [5.41, 5.74) is 3.16. The van der Waals surface area contributed by atoms with Gasteiger partial charge in [-0.05, 0) is 55.5 Å². The molecule has 1 aliphatic carbocycles. The van der Waals surface area contributed by atoms with Crippen LogP contribution in [0.3, 0.4) is 0 Å². The Bertz CT molecular complexity index is 1060. The van der Waals surface area contributed by atoms with Gasteiger partial charge in [0.2, 0.25) is 5.91 Å². The summed E-state index contributed by atoms with van der Waals surface area (Å²) < 4.78 is 2.26. The zero-order chi connectivity index (χ0) is 22.3. The maximum Gasteiger partial charge on any atom is 0.223 e. The van der Waals surface area contributed by atoms with E-state index < -0.39 is 0 Å².